The maximum absolute atomic E-state index is 11.5. The van der Waals surface area contributed by atoms with Crippen LogP contribution in [0.3, 0.4) is 0 Å². The first-order valence-electron chi connectivity index (χ1n) is 4.06. The zero-order chi connectivity index (χ0) is 12.2. The zero-order valence-corrected chi connectivity index (χ0v) is 10.3. The molecule has 4 N–H and O–H groups in total. The molecule has 0 saturated heterocycles. The fourth-order valence-corrected chi connectivity index (χ4v) is 3.17. The SMILES string of the molecule is NC(=O)NCCNS(=O)(=O)c1cnc(Cl)s1. The molecule has 16 heavy (non-hydrogen) atoms. The average molecular weight is 285 g/mol. The molecule has 0 bridgehead atoms. The quantitative estimate of drug-likeness (QED) is 0.646. The highest BCUT2D eigenvalue weighted by Gasteiger charge is 2.16. The first-order chi connectivity index (χ1) is 7.42. The third-order valence-corrected chi connectivity index (χ3v) is 4.47. The van der Waals surface area contributed by atoms with Gasteiger partial charge in [0.1, 0.15) is 0 Å². The summed E-state index contributed by atoms with van der Waals surface area (Å²) in [6.07, 6.45) is 1.16. The summed E-state index contributed by atoms with van der Waals surface area (Å²) in [7, 11) is -3.61. The highest BCUT2D eigenvalue weighted by atomic mass is 35.5. The van der Waals surface area contributed by atoms with Crippen LogP contribution in [-0.4, -0.2) is 32.5 Å². The number of hydrogen-bond acceptors (Lipinski definition) is 5. The van der Waals surface area contributed by atoms with E-state index in [9.17, 15) is 13.2 Å². The van der Waals surface area contributed by atoms with Crippen LogP contribution in [0.1, 0.15) is 0 Å². The van der Waals surface area contributed by atoms with Crippen LogP contribution >= 0.6 is 22.9 Å². The third-order valence-electron chi connectivity index (χ3n) is 1.44. The topological polar surface area (TPSA) is 114 Å². The van der Waals surface area contributed by atoms with Gasteiger partial charge >= 0.3 is 6.03 Å². The Labute approximate surface area is 101 Å². The fraction of sp³-hybridized carbons (Fsp3) is 0.333. The lowest BCUT2D eigenvalue weighted by atomic mass is 10.6. The van der Waals surface area contributed by atoms with Crippen molar-refractivity contribution in [1.29, 1.82) is 0 Å². The van der Waals surface area contributed by atoms with Crippen LogP contribution in [0, 0.1) is 0 Å². The second-order valence-corrected chi connectivity index (χ2v) is 6.23. The number of carbonyl (C=O) groups excluding carboxylic acids is 1. The Bertz CT molecular complexity index is 472. The van der Waals surface area contributed by atoms with Crippen LogP contribution in [0.4, 0.5) is 4.79 Å². The molecule has 90 valence electrons. The molecule has 0 fully saturated rings. The molecule has 0 unspecified atom stereocenters. The Morgan fingerprint density at radius 3 is 2.75 bits per heavy atom. The average Bonchev–Trinajstić information content (AvgIpc) is 2.60. The minimum absolute atomic E-state index is 0.0246. The third kappa shape index (κ3) is 3.93. The van der Waals surface area contributed by atoms with Crippen LogP contribution in [0.15, 0.2) is 10.4 Å². The van der Waals surface area contributed by atoms with E-state index >= 15 is 0 Å². The Morgan fingerprint density at radius 1 is 1.56 bits per heavy atom. The van der Waals surface area contributed by atoms with Gasteiger partial charge in [0.05, 0.1) is 6.20 Å². The predicted octanol–water partition coefficient (Wildman–Crippen LogP) is -0.257. The predicted molar refractivity (Wildman–Crippen MR) is 59.9 cm³/mol. The largest absolute Gasteiger partial charge is 0.352 e. The van der Waals surface area contributed by atoms with Crippen LogP contribution in [-0.2, 0) is 10.0 Å². The summed E-state index contributed by atoms with van der Waals surface area (Å²) >= 11 is 6.36. The summed E-state index contributed by atoms with van der Waals surface area (Å²) in [6.45, 7) is 0.155. The van der Waals surface area contributed by atoms with E-state index in [0.29, 0.717) is 0 Å². The number of amides is 2. The van der Waals surface area contributed by atoms with Gasteiger partial charge in [-0.15, -0.1) is 0 Å². The van der Waals surface area contributed by atoms with Gasteiger partial charge in [-0.2, -0.15) is 0 Å². The summed E-state index contributed by atoms with van der Waals surface area (Å²) in [5, 5.41) is 2.25. The summed E-state index contributed by atoms with van der Waals surface area (Å²) in [5.74, 6) is 0. The maximum Gasteiger partial charge on any atom is 0.312 e. The Balaban J connectivity index is 2.50. The first-order valence-corrected chi connectivity index (χ1v) is 6.74. The number of rotatable bonds is 5. The highest BCUT2D eigenvalue weighted by Crippen LogP contribution is 2.21. The van der Waals surface area contributed by atoms with Crippen LogP contribution < -0.4 is 15.8 Å². The number of nitrogens with two attached hydrogens (primary N) is 1. The van der Waals surface area contributed by atoms with Gasteiger partial charge in [0.2, 0.25) is 0 Å². The Morgan fingerprint density at radius 2 is 2.25 bits per heavy atom. The summed E-state index contributed by atoms with van der Waals surface area (Å²) in [4.78, 5) is 13.9. The number of halogens is 1. The van der Waals surface area contributed by atoms with Gasteiger partial charge in [-0.05, 0) is 0 Å². The van der Waals surface area contributed by atoms with Gasteiger partial charge in [-0.1, -0.05) is 22.9 Å². The summed E-state index contributed by atoms with van der Waals surface area (Å²) in [6, 6.07) is -0.708. The summed E-state index contributed by atoms with van der Waals surface area (Å²) < 4.78 is 25.5. The van der Waals surface area contributed by atoms with Crippen molar-refractivity contribution in [3.8, 4) is 0 Å². The van der Waals surface area contributed by atoms with Crippen molar-refractivity contribution in [2.24, 2.45) is 5.73 Å². The number of aromatic nitrogens is 1. The van der Waals surface area contributed by atoms with E-state index in [0.717, 1.165) is 17.5 Å². The molecule has 0 aliphatic rings. The van der Waals surface area contributed by atoms with Crippen molar-refractivity contribution < 1.29 is 13.2 Å². The molecule has 0 saturated carbocycles. The number of carbonyl (C=O) groups is 1. The van der Waals surface area contributed by atoms with Gasteiger partial charge in [0.25, 0.3) is 10.0 Å². The van der Waals surface area contributed by atoms with Crippen LogP contribution in [0.5, 0.6) is 0 Å². The highest BCUT2D eigenvalue weighted by molar-refractivity contribution is 7.91. The molecule has 0 aliphatic heterocycles. The molecule has 0 radical (unpaired) electrons. The van der Waals surface area contributed by atoms with E-state index < -0.39 is 16.1 Å². The molecular weight excluding hydrogens is 276 g/mol. The molecule has 0 aromatic carbocycles. The fourth-order valence-electron chi connectivity index (χ4n) is 0.806. The number of primary amides is 1. The molecule has 10 heteroatoms. The van der Waals surface area contributed by atoms with Gasteiger partial charge < -0.3 is 11.1 Å². The van der Waals surface area contributed by atoms with E-state index in [2.05, 4.69) is 15.0 Å². The van der Waals surface area contributed by atoms with E-state index in [1.165, 1.54) is 0 Å². The van der Waals surface area contributed by atoms with Crippen molar-refractivity contribution in [3.05, 3.63) is 10.7 Å². The molecule has 7 nitrogen and oxygen atoms in total. The molecule has 2 amide bonds. The lowest BCUT2D eigenvalue weighted by Crippen LogP contribution is -2.37. The standard InChI is InChI=1S/C6H9ClN4O3S2/c7-5-10-3-4(15-5)16(13,14)11-2-1-9-6(8)12/h3,11H,1-2H2,(H3,8,9,12). The van der Waals surface area contributed by atoms with Crippen LogP contribution in [0.25, 0.3) is 0 Å². The molecule has 0 atom stereocenters. The van der Waals surface area contributed by atoms with E-state index in [4.69, 9.17) is 17.3 Å². The van der Waals surface area contributed by atoms with Gasteiger partial charge in [0, 0.05) is 13.1 Å². The van der Waals surface area contributed by atoms with Crippen molar-refractivity contribution >= 4 is 39.0 Å². The minimum atomic E-state index is -3.61. The van der Waals surface area contributed by atoms with Crippen molar-refractivity contribution in [3.63, 3.8) is 0 Å². The molecule has 0 aliphatic carbocycles. The van der Waals surface area contributed by atoms with Gasteiger partial charge in [-0.3, -0.25) is 0 Å². The molecule has 1 rings (SSSR count). The van der Waals surface area contributed by atoms with Crippen molar-refractivity contribution in [1.82, 2.24) is 15.0 Å². The lowest BCUT2D eigenvalue weighted by molar-refractivity contribution is 0.249. The monoisotopic (exact) mass is 284 g/mol. The van der Waals surface area contributed by atoms with Gasteiger partial charge in [-0.25, -0.2) is 22.9 Å². The second kappa shape index (κ2) is 5.43. The zero-order valence-electron chi connectivity index (χ0n) is 7.94. The number of nitrogens with zero attached hydrogens (tertiary/aromatic N) is 1. The molecule has 1 aromatic heterocycles. The summed E-state index contributed by atoms with van der Waals surface area (Å²) in [5.41, 5.74) is 4.80. The number of urea groups is 1. The Kier molecular flexibility index (Phi) is 4.47. The number of sulfonamides is 1. The van der Waals surface area contributed by atoms with E-state index in [1.54, 1.807) is 0 Å². The lowest BCUT2D eigenvalue weighted by Gasteiger charge is -2.04. The second-order valence-electron chi connectivity index (χ2n) is 2.62. The van der Waals surface area contributed by atoms with Crippen molar-refractivity contribution in [2.75, 3.05) is 13.1 Å². The number of nitrogens with one attached hydrogen (secondary N) is 2. The van der Waals surface area contributed by atoms with E-state index in [1.807, 2.05) is 0 Å². The minimum Gasteiger partial charge on any atom is -0.352 e. The van der Waals surface area contributed by atoms with Gasteiger partial charge in [0.15, 0.2) is 8.68 Å². The maximum atomic E-state index is 11.5. The Hall–Kier alpha value is -0.900. The smallest absolute Gasteiger partial charge is 0.312 e. The van der Waals surface area contributed by atoms with E-state index in [-0.39, 0.29) is 21.8 Å². The van der Waals surface area contributed by atoms with Crippen molar-refractivity contribution in [2.45, 2.75) is 4.21 Å². The van der Waals surface area contributed by atoms with Crippen LogP contribution in [0.2, 0.25) is 4.47 Å². The molecule has 1 aromatic rings. The number of thiazole rings is 1. The molecule has 1 heterocycles. The normalized spacial score (nSPS) is 11.3. The first kappa shape index (κ1) is 13.2. The molecular formula is C6H9ClN4O3S2. The number of hydrogen-bond donors (Lipinski definition) is 3. The molecule has 0 spiro atoms.